The maximum Gasteiger partial charge on any atom is 0.416 e. The van der Waals surface area contributed by atoms with Crippen molar-refractivity contribution >= 4 is 11.7 Å². The van der Waals surface area contributed by atoms with Gasteiger partial charge in [-0.15, -0.1) is 0 Å². The van der Waals surface area contributed by atoms with Crippen molar-refractivity contribution in [2.75, 3.05) is 25.0 Å². The zero-order chi connectivity index (χ0) is 15.5. The number of nitrogens with zero attached hydrogens (tertiary/aromatic N) is 2. The second kappa shape index (κ2) is 6.30. The van der Waals surface area contributed by atoms with Crippen LogP contribution in [0, 0.1) is 0 Å². The molecule has 0 saturated carbocycles. The SMILES string of the molecule is NC(=O)CN1CCC(Nc2cc(C(F)(F)F)ccn2)CC1. The number of aromatic nitrogens is 1. The minimum Gasteiger partial charge on any atom is -0.369 e. The first-order valence-electron chi connectivity index (χ1n) is 6.65. The molecule has 0 radical (unpaired) electrons. The van der Waals surface area contributed by atoms with Gasteiger partial charge in [0.1, 0.15) is 5.82 Å². The van der Waals surface area contributed by atoms with E-state index in [0.29, 0.717) is 13.1 Å². The molecule has 1 amide bonds. The molecule has 5 nitrogen and oxygen atoms in total. The molecule has 3 N–H and O–H groups in total. The van der Waals surface area contributed by atoms with Crippen LogP contribution < -0.4 is 11.1 Å². The number of amides is 1. The van der Waals surface area contributed by atoms with Gasteiger partial charge in [0.05, 0.1) is 12.1 Å². The monoisotopic (exact) mass is 302 g/mol. The second-order valence-electron chi connectivity index (χ2n) is 5.09. The minimum absolute atomic E-state index is 0.0464. The smallest absolute Gasteiger partial charge is 0.369 e. The van der Waals surface area contributed by atoms with Crippen LogP contribution in [0.25, 0.3) is 0 Å². The van der Waals surface area contributed by atoms with Crippen molar-refractivity contribution in [3.63, 3.8) is 0 Å². The first-order valence-corrected chi connectivity index (χ1v) is 6.65. The van der Waals surface area contributed by atoms with E-state index in [-0.39, 0.29) is 24.3 Å². The minimum atomic E-state index is -4.37. The number of nitrogens with one attached hydrogen (secondary N) is 1. The summed E-state index contributed by atoms with van der Waals surface area (Å²) in [5, 5.41) is 3.01. The van der Waals surface area contributed by atoms with Crippen LogP contribution in [0.15, 0.2) is 18.3 Å². The predicted octanol–water partition coefficient (Wildman–Crippen LogP) is 1.46. The summed E-state index contributed by atoms with van der Waals surface area (Å²) in [5.41, 5.74) is 4.41. The lowest BCUT2D eigenvalue weighted by Gasteiger charge is -2.31. The summed E-state index contributed by atoms with van der Waals surface area (Å²) < 4.78 is 37.8. The van der Waals surface area contributed by atoms with Crippen LogP contribution in [-0.2, 0) is 11.0 Å². The molecule has 0 atom stereocenters. The molecule has 1 aromatic heterocycles. The van der Waals surface area contributed by atoms with E-state index in [1.807, 2.05) is 4.90 Å². The van der Waals surface area contributed by atoms with Gasteiger partial charge in [0.15, 0.2) is 0 Å². The summed E-state index contributed by atoms with van der Waals surface area (Å²) in [6.07, 6.45) is -1.77. The lowest BCUT2D eigenvalue weighted by molar-refractivity contribution is -0.137. The number of hydrogen-bond donors (Lipinski definition) is 2. The molecule has 1 aromatic rings. The number of piperidine rings is 1. The molecule has 116 valence electrons. The maximum absolute atomic E-state index is 12.6. The Morgan fingerprint density at radius 2 is 2.10 bits per heavy atom. The molecule has 0 bridgehead atoms. The molecule has 0 aromatic carbocycles. The summed E-state index contributed by atoms with van der Waals surface area (Å²) in [6, 6.07) is 2.00. The van der Waals surface area contributed by atoms with Crippen LogP contribution >= 0.6 is 0 Å². The fourth-order valence-corrected chi connectivity index (χ4v) is 2.35. The quantitative estimate of drug-likeness (QED) is 0.883. The third-order valence-corrected chi connectivity index (χ3v) is 3.41. The number of hydrogen-bond acceptors (Lipinski definition) is 4. The van der Waals surface area contributed by atoms with Crippen molar-refractivity contribution < 1.29 is 18.0 Å². The molecule has 1 saturated heterocycles. The van der Waals surface area contributed by atoms with E-state index < -0.39 is 11.7 Å². The van der Waals surface area contributed by atoms with Crippen LogP contribution in [0.3, 0.4) is 0 Å². The summed E-state index contributed by atoms with van der Waals surface area (Å²) in [4.78, 5) is 16.7. The molecule has 1 fully saturated rings. The molecule has 0 spiro atoms. The van der Waals surface area contributed by atoms with Crippen molar-refractivity contribution in [2.24, 2.45) is 5.73 Å². The second-order valence-corrected chi connectivity index (χ2v) is 5.09. The highest BCUT2D eigenvalue weighted by Gasteiger charge is 2.31. The number of carbonyl (C=O) groups excluding carboxylic acids is 1. The summed E-state index contributed by atoms with van der Waals surface area (Å²) in [7, 11) is 0. The largest absolute Gasteiger partial charge is 0.416 e. The van der Waals surface area contributed by atoms with Crippen molar-refractivity contribution in [1.29, 1.82) is 0 Å². The molecule has 2 rings (SSSR count). The lowest BCUT2D eigenvalue weighted by Crippen LogP contribution is -2.43. The van der Waals surface area contributed by atoms with E-state index >= 15 is 0 Å². The highest BCUT2D eigenvalue weighted by molar-refractivity contribution is 5.75. The van der Waals surface area contributed by atoms with Gasteiger partial charge in [-0.2, -0.15) is 13.2 Å². The maximum atomic E-state index is 12.6. The van der Waals surface area contributed by atoms with Crippen LogP contribution in [0.1, 0.15) is 18.4 Å². The zero-order valence-corrected chi connectivity index (χ0v) is 11.4. The average molecular weight is 302 g/mol. The lowest BCUT2D eigenvalue weighted by atomic mass is 10.0. The number of nitrogens with two attached hydrogens (primary N) is 1. The van der Waals surface area contributed by atoms with Gasteiger partial charge in [-0.3, -0.25) is 9.69 Å². The molecular weight excluding hydrogens is 285 g/mol. The average Bonchev–Trinajstić information content (AvgIpc) is 2.40. The number of primary amides is 1. The number of pyridine rings is 1. The Bertz CT molecular complexity index is 498. The van der Waals surface area contributed by atoms with Crippen LogP contribution in [0.2, 0.25) is 0 Å². The van der Waals surface area contributed by atoms with E-state index in [1.165, 1.54) is 0 Å². The van der Waals surface area contributed by atoms with Crippen LogP contribution in [0.5, 0.6) is 0 Å². The number of likely N-dealkylation sites (tertiary alicyclic amines) is 1. The van der Waals surface area contributed by atoms with Gasteiger partial charge < -0.3 is 11.1 Å². The van der Waals surface area contributed by atoms with E-state index in [4.69, 9.17) is 5.73 Å². The Morgan fingerprint density at radius 3 is 2.67 bits per heavy atom. The van der Waals surface area contributed by atoms with Crippen LogP contribution in [0.4, 0.5) is 19.0 Å². The van der Waals surface area contributed by atoms with E-state index in [9.17, 15) is 18.0 Å². The standard InChI is InChI=1S/C13H17F3N4O/c14-13(15,16)9-1-4-18-12(7-9)19-10-2-5-20(6-3-10)8-11(17)21/h1,4,7,10H,2-3,5-6,8H2,(H2,17,21)(H,18,19). The number of rotatable bonds is 4. The first kappa shape index (κ1) is 15.6. The normalized spacial score (nSPS) is 17.7. The summed E-state index contributed by atoms with van der Waals surface area (Å²) in [5.74, 6) is -0.154. The number of anilines is 1. The Labute approximate surface area is 120 Å². The van der Waals surface area contributed by atoms with E-state index in [0.717, 1.165) is 31.2 Å². The fourth-order valence-electron chi connectivity index (χ4n) is 2.35. The van der Waals surface area contributed by atoms with Gasteiger partial charge >= 0.3 is 6.18 Å². The summed E-state index contributed by atoms with van der Waals surface area (Å²) in [6.45, 7) is 1.58. The van der Waals surface area contributed by atoms with Crippen molar-refractivity contribution in [1.82, 2.24) is 9.88 Å². The molecule has 1 aliphatic heterocycles. The van der Waals surface area contributed by atoms with Gasteiger partial charge in [0, 0.05) is 25.3 Å². The van der Waals surface area contributed by atoms with E-state index in [1.54, 1.807) is 0 Å². The summed E-state index contributed by atoms with van der Waals surface area (Å²) >= 11 is 0. The molecule has 0 unspecified atom stereocenters. The fraction of sp³-hybridized carbons (Fsp3) is 0.538. The number of halogens is 3. The Morgan fingerprint density at radius 1 is 1.43 bits per heavy atom. The third-order valence-electron chi connectivity index (χ3n) is 3.41. The Balaban J connectivity index is 1.90. The predicted molar refractivity (Wildman–Crippen MR) is 71.5 cm³/mol. The third kappa shape index (κ3) is 4.59. The highest BCUT2D eigenvalue weighted by Crippen LogP contribution is 2.30. The van der Waals surface area contributed by atoms with Crippen molar-refractivity contribution in [3.05, 3.63) is 23.9 Å². The van der Waals surface area contributed by atoms with Crippen molar-refractivity contribution in [2.45, 2.75) is 25.1 Å². The molecule has 1 aliphatic rings. The molecule has 2 heterocycles. The molecule has 21 heavy (non-hydrogen) atoms. The zero-order valence-electron chi connectivity index (χ0n) is 11.4. The molecule has 0 aliphatic carbocycles. The molecule has 8 heteroatoms. The number of alkyl halides is 3. The van der Waals surface area contributed by atoms with Gasteiger partial charge in [0.2, 0.25) is 5.91 Å². The van der Waals surface area contributed by atoms with Gasteiger partial charge in [-0.25, -0.2) is 4.98 Å². The topological polar surface area (TPSA) is 71.2 Å². The number of carbonyl (C=O) groups is 1. The van der Waals surface area contributed by atoms with Crippen LogP contribution in [-0.4, -0.2) is 41.5 Å². The van der Waals surface area contributed by atoms with Gasteiger partial charge in [0.25, 0.3) is 0 Å². The van der Waals surface area contributed by atoms with E-state index in [2.05, 4.69) is 10.3 Å². The van der Waals surface area contributed by atoms with Gasteiger partial charge in [-0.05, 0) is 25.0 Å². The van der Waals surface area contributed by atoms with Crippen molar-refractivity contribution in [3.8, 4) is 0 Å². The first-order chi connectivity index (χ1) is 9.84. The highest BCUT2D eigenvalue weighted by atomic mass is 19.4. The molecular formula is C13H17F3N4O. The Kier molecular flexibility index (Phi) is 4.66. The van der Waals surface area contributed by atoms with Gasteiger partial charge in [-0.1, -0.05) is 0 Å². The Hall–Kier alpha value is -1.83.